The number of nitrogens with zero attached hydrogens (tertiary/aromatic N) is 1. The first-order valence-corrected chi connectivity index (χ1v) is 4.74. The van der Waals surface area contributed by atoms with Crippen molar-refractivity contribution in [2.75, 3.05) is 6.61 Å². The van der Waals surface area contributed by atoms with Crippen LogP contribution in [0.3, 0.4) is 0 Å². The fraction of sp³-hybridized carbons (Fsp3) is 0.0833. The Morgan fingerprint density at radius 1 is 1.13 bits per heavy atom. The SMILES string of the molecule is O=C1COc2c(ccc3ccccc23)[N]1. The molecule has 3 rings (SSSR count). The predicted octanol–water partition coefficient (Wildman–Crippen LogP) is 1.99. The third kappa shape index (κ3) is 1.24. The van der Waals surface area contributed by atoms with Crippen molar-refractivity contribution in [2.45, 2.75) is 0 Å². The normalized spacial score (nSPS) is 14.3. The summed E-state index contributed by atoms with van der Waals surface area (Å²) in [4.78, 5) is 11.1. The predicted molar refractivity (Wildman–Crippen MR) is 56.2 cm³/mol. The number of amides is 1. The zero-order valence-electron chi connectivity index (χ0n) is 7.93. The number of fused-ring (bicyclic) bond motifs is 3. The second-order valence-corrected chi connectivity index (χ2v) is 3.43. The molecule has 1 radical (unpaired) electrons. The van der Waals surface area contributed by atoms with E-state index in [9.17, 15) is 4.79 Å². The highest BCUT2D eigenvalue weighted by molar-refractivity contribution is 5.97. The lowest BCUT2D eigenvalue weighted by Gasteiger charge is -2.17. The maximum absolute atomic E-state index is 11.1. The molecule has 1 aliphatic heterocycles. The van der Waals surface area contributed by atoms with Crippen LogP contribution in [0.5, 0.6) is 5.75 Å². The lowest BCUT2D eigenvalue weighted by molar-refractivity contribution is -0.123. The fourth-order valence-electron chi connectivity index (χ4n) is 1.77. The van der Waals surface area contributed by atoms with Gasteiger partial charge in [0.1, 0.15) is 5.69 Å². The number of hydrogen-bond acceptors (Lipinski definition) is 2. The number of rotatable bonds is 0. The summed E-state index contributed by atoms with van der Waals surface area (Å²) in [7, 11) is 0. The van der Waals surface area contributed by atoms with E-state index < -0.39 is 0 Å². The van der Waals surface area contributed by atoms with Gasteiger partial charge >= 0.3 is 0 Å². The topological polar surface area (TPSA) is 40.4 Å². The molecule has 73 valence electrons. The second kappa shape index (κ2) is 2.98. The number of carbonyl (C=O) groups excluding carboxylic acids is 1. The van der Waals surface area contributed by atoms with Gasteiger partial charge in [0, 0.05) is 5.39 Å². The zero-order chi connectivity index (χ0) is 10.3. The summed E-state index contributed by atoms with van der Waals surface area (Å²) in [6.07, 6.45) is 0. The largest absolute Gasteiger partial charge is 0.481 e. The molecule has 0 aromatic heterocycles. The Morgan fingerprint density at radius 2 is 2.00 bits per heavy atom. The Hall–Kier alpha value is -2.03. The minimum atomic E-state index is -0.224. The molecule has 15 heavy (non-hydrogen) atoms. The molecule has 0 unspecified atom stereocenters. The van der Waals surface area contributed by atoms with E-state index >= 15 is 0 Å². The lowest BCUT2D eigenvalue weighted by atomic mass is 10.1. The highest BCUT2D eigenvalue weighted by Gasteiger charge is 2.19. The molecule has 0 bridgehead atoms. The second-order valence-electron chi connectivity index (χ2n) is 3.43. The molecule has 3 heteroatoms. The van der Waals surface area contributed by atoms with Crippen molar-refractivity contribution in [1.29, 1.82) is 0 Å². The molecule has 1 heterocycles. The van der Waals surface area contributed by atoms with Crippen LogP contribution in [0.2, 0.25) is 0 Å². The average molecular weight is 198 g/mol. The Kier molecular flexibility index (Phi) is 1.65. The van der Waals surface area contributed by atoms with Gasteiger partial charge in [-0.2, -0.15) is 0 Å². The van der Waals surface area contributed by atoms with E-state index in [0.29, 0.717) is 11.4 Å². The van der Waals surface area contributed by atoms with Crippen LogP contribution >= 0.6 is 0 Å². The number of carbonyl (C=O) groups is 1. The Balaban J connectivity index is 2.30. The molecule has 1 amide bonds. The molecular formula is C12H8NO2. The van der Waals surface area contributed by atoms with Crippen LogP contribution in [0.15, 0.2) is 36.4 Å². The molecule has 2 aromatic rings. The first kappa shape index (κ1) is 8.29. The molecule has 3 nitrogen and oxygen atoms in total. The summed E-state index contributed by atoms with van der Waals surface area (Å²) in [5.74, 6) is 0.491. The first-order valence-electron chi connectivity index (χ1n) is 4.74. The molecule has 2 aromatic carbocycles. The quantitative estimate of drug-likeness (QED) is 0.649. The maximum atomic E-state index is 11.1. The van der Waals surface area contributed by atoms with Gasteiger partial charge in [0.15, 0.2) is 12.4 Å². The lowest BCUT2D eigenvalue weighted by Crippen LogP contribution is -2.24. The van der Waals surface area contributed by atoms with E-state index in [2.05, 4.69) is 5.32 Å². The smallest absolute Gasteiger partial charge is 0.284 e. The van der Waals surface area contributed by atoms with Gasteiger partial charge in [0.2, 0.25) is 0 Å². The van der Waals surface area contributed by atoms with Crippen molar-refractivity contribution in [3.8, 4) is 5.75 Å². The Morgan fingerprint density at radius 3 is 2.93 bits per heavy atom. The number of ether oxygens (including phenoxy) is 1. The van der Waals surface area contributed by atoms with Crippen molar-refractivity contribution in [3.63, 3.8) is 0 Å². The number of hydrogen-bond donors (Lipinski definition) is 0. The minimum absolute atomic E-state index is 0.0427. The molecular weight excluding hydrogens is 190 g/mol. The molecule has 0 N–H and O–H groups in total. The number of benzene rings is 2. The van der Waals surface area contributed by atoms with Gasteiger partial charge in [-0.05, 0) is 11.5 Å². The van der Waals surface area contributed by atoms with Gasteiger partial charge in [-0.15, -0.1) is 0 Å². The van der Waals surface area contributed by atoms with E-state index in [1.807, 2.05) is 36.4 Å². The molecule has 0 spiro atoms. The Labute approximate surface area is 86.7 Å². The maximum Gasteiger partial charge on any atom is 0.284 e. The minimum Gasteiger partial charge on any atom is -0.481 e. The molecule has 0 fully saturated rings. The van der Waals surface area contributed by atoms with Crippen molar-refractivity contribution in [1.82, 2.24) is 5.32 Å². The summed E-state index contributed by atoms with van der Waals surface area (Å²) in [5, 5.41) is 6.04. The van der Waals surface area contributed by atoms with Gasteiger partial charge in [-0.25, -0.2) is 5.32 Å². The third-order valence-corrected chi connectivity index (χ3v) is 2.44. The van der Waals surface area contributed by atoms with E-state index in [-0.39, 0.29) is 12.5 Å². The van der Waals surface area contributed by atoms with Crippen LogP contribution in [0.25, 0.3) is 10.8 Å². The molecule has 0 aliphatic carbocycles. The van der Waals surface area contributed by atoms with E-state index in [4.69, 9.17) is 4.74 Å². The highest BCUT2D eigenvalue weighted by atomic mass is 16.5. The molecule has 0 saturated carbocycles. The summed E-state index contributed by atoms with van der Waals surface area (Å²) in [6, 6.07) is 11.7. The first-order chi connectivity index (χ1) is 7.34. The van der Waals surface area contributed by atoms with Gasteiger partial charge in [-0.3, -0.25) is 4.79 Å². The van der Waals surface area contributed by atoms with Crippen LogP contribution in [0.4, 0.5) is 5.69 Å². The van der Waals surface area contributed by atoms with Crippen molar-refractivity contribution in [2.24, 2.45) is 0 Å². The highest BCUT2D eigenvalue weighted by Crippen LogP contribution is 2.35. The van der Waals surface area contributed by atoms with Crippen molar-refractivity contribution >= 4 is 22.4 Å². The Bertz CT molecular complexity index is 548. The van der Waals surface area contributed by atoms with Crippen LogP contribution in [0.1, 0.15) is 0 Å². The third-order valence-electron chi connectivity index (χ3n) is 2.44. The summed E-state index contributed by atoms with van der Waals surface area (Å²) in [6.45, 7) is 0.0427. The molecule has 1 aliphatic rings. The van der Waals surface area contributed by atoms with Crippen LogP contribution < -0.4 is 10.1 Å². The van der Waals surface area contributed by atoms with Gasteiger partial charge in [-0.1, -0.05) is 30.3 Å². The summed E-state index contributed by atoms with van der Waals surface area (Å²) >= 11 is 0. The van der Waals surface area contributed by atoms with Gasteiger partial charge in [0.25, 0.3) is 5.91 Å². The molecule has 0 saturated heterocycles. The average Bonchev–Trinajstić information content (AvgIpc) is 2.28. The van der Waals surface area contributed by atoms with Crippen molar-refractivity contribution < 1.29 is 9.53 Å². The summed E-state index contributed by atoms with van der Waals surface area (Å²) in [5.41, 5.74) is 0.630. The van der Waals surface area contributed by atoms with Gasteiger partial charge in [0.05, 0.1) is 0 Å². The van der Waals surface area contributed by atoms with Crippen LogP contribution in [-0.2, 0) is 4.79 Å². The fourth-order valence-corrected chi connectivity index (χ4v) is 1.77. The molecule has 0 atom stereocenters. The van der Waals surface area contributed by atoms with Gasteiger partial charge < -0.3 is 4.74 Å². The van der Waals surface area contributed by atoms with Crippen LogP contribution in [-0.4, -0.2) is 12.5 Å². The zero-order valence-corrected chi connectivity index (χ0v) is 7.93. The van der Waals surface area contributed by atoms with Crippen molar-refractivity contribution in [3.05, 3.63) is 36.4 Å². The van der Waals surface area contributed by atoms with E-state index in [1.54, 1.807) is 0 Å². The van der Waals surface area contributed by atoms with E-state index in [0.717, 1.165) is 10.8 Å². The van der Waals surface area contributed by atoms with E-state index in [1.165, 1.54) is 0 Å². The monoisotopic (exact) mass is 198 g/mol. The standard InChI is InChI=1S/C12H8NO2/c14-11-7-15-12-9-4-2-1-3-8(9)5-6-10(12)13-11/h1-6H,7H2. The van der Waals surface area contributed by atoms with Crippen LogP contribution in [0, 0.1) is 0 Å². The summed E-state index contributed by atoms with van der Waals surface area (Å²) < 4.78 is 5.41.